The van der Waals surface area contributed by atoms with Gasteiger partial charge < -0.3 is 34.9 Å². The van der Waals surface area contributed by atoms with Gasteiger partial charge in [-0.2, -0.15) is 10.2 Å². The SMILES string of the molecule is CN(C)C(=O)C1CCCN(c2cc(Cl)cc3[nH]ncc23)C1.CNC(=O)C1CCCN(c2cc(Cl)cc3[nH]ncc23)C1.Cc1nc2c([nH]1)CN(c1cc(Cl)cc3[nH]ccc13)CC2. The van der Waals surface area contributed by atoms with Crippen molar-refractivity contribution in [3.05, 3.63) is 93.3 Å². The topological polar surface area (TPSA) is 161 Å². The second-order valence-corrected chi connectivity index (χ2v) is 17.5. The van der Waals surface area contributed by atoms with E-state index in [1.807, 2.05) is 76.0 Å². The summed E-state index contributed by atoms with van der Waals surface area (Å²) in [7, 11) is 5.32. The van der Waals surface area contributed by atoms with E-state index in [1.165, 1.54) is 22.5 Å². The van der Waals surface area contributed by atoms with Crippen LogP contribution in [-0.2, 0) is 22.6 Å². The molecule has 5 N–H and O–H groups in total. The molecule has 61 heavy (non-hydrogen) atoms. The number of nitrogens with one attached hydrogen (secondary N) is 5. The Morgan fingerprint density at radius 1 is 0.754 bits per heavy atom. The van der Waals surface area contributed by atoms with Crippen LogP contribution in [0.1, 0.15) is 42.9 Å². The van der Waals surface area contributed by atoms with Gasteiger partial charge in [0.15, 0.2) is 0 Å². The van der Waals surface area contributed by atoms with E-state index >= 15 is 0 Å². The average molecular weight is 886 g/mol. The highest BCUT2D eigenvalue weighted by Crippen LogP contribution is 2.35. The molecule has 2 atom stereocenters. The Bertz CT molecular complexity index is 2670. The van der Waals surface area contributed by atoms with Gasteiger partial charge in [-0.3, -0.25) is 19.8 Å². The van der Waals surface area contributed by atoms with Gasteiger partial charge >= 0.3 is 0 Å². The first-order valence-corrected chi connectivity index (χ1v) is 21.8. The van der Waals surface area contributed by atoms with E-state index < -0.39 is 0 Å². The molecule has 3 aliphatic heterocycles. The van der Waals surface area contributed by atoms with E-state index in [9.17, 15) is 9.59 Å². The molecule has 10 rings (SSSR count). The van der Waals surface area contributed by atoms with Crippen LogP contribution in [0.25, 0.3) is 32.7 Å². The number of amides is 2. The standard InChI is InChI=1S/C15H19ClN4O.C15H15ClN4.C14H17ClN4O/c1-19(2)15(21)10-4-3-5-20(9-10)14-7-11(16)6-13-12(14)8-17-18-13;1-9-18-12-3-5-20(8-14(12)19-9)15-7-10(16)6-13-11(15)2-4-17-13;1-16-14(20)9-3-2-4-19(8-9)13-6-10(15)5-12-11(13)7-17-18-12/h6-8,10H,3-5,9H2,1-2H3,(H,17,18);2,4,6-7,17H,3,5,8H2,1H3,(H,18,19);5-7,9H,2-4,8H2,1H3,(H,16,20)(H,17,18). The van der Waals surface area contributed by atoms with Crippen LogP contribution in [0.15, 0.2) is 61.1 Å². The highest BCUT2D eigenvalue weighted by Gasteiger charge is 2.29. The summed E-state index contributed by atoms with van der Waals surface area (Å²) >= 11 is 18.6. The molecule has 0 spiro atoms. The maximum atomic E-state index is 12.2. The molecule has 0 aliphatic carbocycles. The third-order valence-electron chi connectivity index (χ3n) is 11.8. The molecule has 2 fully saturated rings. The minimum absolute atomic E-state index is 0.0367. The summed E-state index contributed by atoms with van der Waals surface area (Å²) in [4.78, 5) is 43.7. The average Bonchev–Trinajstić information content (AvgIpc) is 4.10. The first kappa shape index (κ1) is 42.3. The van der Waals surface area contributed by atoms with Gasteiger partial charge in [0.25, 0.3) is 0 Å². The number of benzene rings is 3. The van der Waals surface area contributed by atoms with Crippen molar-refractivity contribution in [3.63, 3.8) is 0 Å². The van der Waals surface area contributed by atoms with Crippen LogP contribution in [0.5, 0.6) is 0 Å². The van der Waals surface area contributed by atoms with Gasteiger partial charge in [-0.1, -0.05) is 34.8 Å². The summed E-state index contributed by atoms with van der Waals surface area (Å²) in [6, 6.07) is 13.8. The molecule has 2 unspecified atom stereocenters. The van der Waals surface area contributed by atoms with Gasteiger partial charge in [-0.15, -0.1) is 0 Å². The molecule has 0 bridgehead atoms. The second kappa shape index (κ2) is 18.3. The zero-order chi connectivity index (χ0) is 42.8. The first-order chi connectivity index (χ1) is 29.4. The smallest absolute Gasteiger partial charge is 0.226 e. The zero-order valence-corrected chi connectivity index (χ0v) is 37.1. The quantitative estimate of drug-likeness (QED) is 0.116. The number of H-pyrrole nitrogens is 4. The van der Waals surface area contributed by atoms with Crippen molar-refractivity contribution in [2.75, 3.05) is 68.6 Å². The lowest BCUT2D eigenvalue weighted by Gasteiger charge is -2.35. The molecule has 3 aromatic carbocycles. The highest BCUT2D eigenvalue weighted by molar-refractivity contribution is 6.32. The summed E-state index contributed by atoms with van der Waals surface area (Å²) in [5, 5.41) is 22.3. The number of carbonyl (C=O) groups excluding carboxylic acids is 2. The van der Waals surface area contributed by atoms with Crippen LogP contribution in [0.4, 0.5) is 17.1 Å². The number of rotatable bonds is 5. The van der Waals surface area contributed by atoms with Gasteiger partial charge in [-0.25, -0.2) is 4.98 Å². The molecule has 0 radical (unpaired) electrons. The number of imidazole rings is 1. The maximum absolute atomic E-state index is 12.2. The fourth-order valence-electron chi connectivity index (χ4n) is 8.91. The minimum atomic E-state index is 0.0367. The van der Waals surface area contributed by atoms with Crippen LogP contribution >= 0.6 is 34.8 Å². The van der Waals surface area contributed by atoms with Crippen LogP contribution in [0.3, 0.4) is 0 Å². The van der Waals surface area contributed by atoms with Gasteiger partial charge in [0.2, 0.25) is 11.8 Å². The monoisotopic (exact) mass is 884 g/mol. The lowest BCUT2D eigenvalue weighted by molar-refractivity contribution is -0.133. The van der Waals surface area contributed by atoms with E-state index in [-0.39, 0.29) is 23.7 Å². The lowest BCUT2D eigenvalue weighted by Crippen LogP contribution is -2.42. The number of aromatic amines is 4. The molecule has 3 aliphatic rings. The van der Waals surface area contributed by atoms with Gasteiger partial charge in [0, 0.05) is 120 Å². The Kier molecular flexibility index (Phi) is 12.7. The number of hydrogen-bond donors (Lipinski definition) is 5. The largest absolute Gasteiger partial charge is 0.370 e. The zero-order valence-electron chi connectivity index (χ0n) is 34.8. The van der Waals surface area contributed by atoms with Gasteiger partial charge in [0.1, 0.15) is 5.82 Å². The normalized spacial score (nSPS) is 17.7. The van der Waals surface area contributed by atoms with E-state index in [0.29, 0.717) is 10.0 Å². The number of piperidine rings is 2. The summed E-state index contributed by atoms with van der Waals surface area (Å²) in [5.74, 6) is 1.39. The first-order valence-electron chi connectivity index (χ1n) is 20.7. The minimum Gasteiger partial charge on any atom is -0.370 e. The Balaban J connectivity index is 0.000000126. The van der Waals surface area contributed by atoms with Crippen molar-refractivity contribution in [1.29, 1.82) is 0 Å². The van der Waals surface area contributed by atoms with E-state index in [1.54, 1.807) is 11.9 Å². The number of anilines is 3. The van der Waals surface area contributed by atoms with Crippen molar-refractivity contribution in [1.82, 2.24) is 45.6 Å². The molecular weight excluding hydrogens is 835 g/mol. The number of halogens is 3. The second-order valence-electron chi connectivity index (χ2n) is 16.2. The number of carbonyl (C=O) groups is 2. The van der Waals surface area contributed by atoms with Gasteiger partial charge in [-0.05, 0) is 75.1 Å². The molecule has 2 saturated heterocycles. The molecule has 2 amide bonds. The molecular formula is C44H51Cl3N12O2. The maximum Gasteiger partial charge on any atom is 0.226 e. The number of fused-ring (bicyclic) bond motifs is 4. The molecule has 0 saturated carbocycles. The molecule has 320 valence electrons. The third kappa shape index (κ3) is 9.26. The lowest BCUT2D eigenvalue weighted by atomic mass is 9.96. The predicted octanol–water partition coefficient (Wildman–Crippen LogP) is 8.12. The molecule has 17 heteroatoms. The van der Waals surface area contributed by atoms with Crippen LogP contribution < -0.4 is 20.0 Å². The summed E-state index contributed by atoms with van der Waals surface area (Å²) in [5.41, 5.74) is 8.65. The third-order valence-corrected chi connectivity index (χ3v) is 12.5. The molecule has 7 heterocycles. The summed E-state index contributed by atoms with van der Waals surface area (Å²) < 4.78 is 0. The van der Waals surface area contributed by atoms with Crippen molar-refractivity contribution in [3.8, 4) is 0 Å². The fourth-order valence-corrected chi connectivity index (χ4v) is 9.55. The van der Waals surface area contributed by atoms with Gasteiger partial charge in [0.05, 0.1) is 53.2 Å². The fraction of sp³-hybridized carbons (Fsp3) is 0.386. The predicted molar refractivity (Wildman–Crippen MR) is 246 cm³/mol. The summed E-state index contributed by atoms with van der Waals surface area (Å²) in [6.07, 6.45) is 10.5. The van der Waals surface area contributed by atoms with Crippen LogP contribution in [0, 0.1) is 18.8 Å². The Hall–Kier alpha value is -5.44. The molecule has 7 aromatic rings. The Morgan fingerprint density at radius 2 is 1.31 bits per heavy atom. The Labute approximate surface area is 369 Å². The number of aryl methyl sites for hydroxylation is 1. The molecule has 14 nitrogen and oxygen atoms in total. The number of nitrogens with zero attached hydrogens (tertiary/aromatic N) is 7. The van der Waals surface area contributed by atoms with Crippen molar-refractivity contribution in [2.45, 2.75) is 45.6 Å². The van der Waals surface area contributed by atoms with Crippen molar-refractivity contribution >= 4 is 96.4 Å². The van der Waals surface area contributed by atoms with Crippen molar-refractivity contribution < 1.29 is 9.59 Å². The van der Waals surface area contributed by atoms with Crippen molar-refractivity contribution in [2.24, 2.45) is 11.8 Å². The summed E-state index contributed by atoms with van der Waals surface area (Å²) in [6.45, 7) is 7.17. The number of hydrogen-bond acceptors (Lipinski definition) is 8. The number of aromatic nitrogens is 7. The van der Waals surface area contributed by atoms with E-state index in [4.69, 9.17) is 34.8 Å². The molecule has 4 aromatic heterocycles. The van der Waals surface area contributed by atoms with E-state index in [2.05, 4.69) is 61.4 Å². The van der Waals surface area contributed by atoms with Crippen LogP contribution in [-0.4, -0.2) is 106 Å². The van der Waals surface area contributed by atoms with Crippen LogP contribution in [0.2, 0.25) is 15.1 Å². The van der Waals surface area contributed by atoms with E-state index in [0.717, 1.165) is 121 Å². The Morgan fingerprint density at radius 3 is 1.90 bits per heavy atom. The highest BCUT2D eigenvalue weighted by atomic mass is 35.5.